The van der Waals surface area contributed by atoms with E-state index in [1.165, 1.54) is 7.11 Å². The molecule has 1 heterocycles. The van der Waals surface area contributed by atoms with E-state index in [1.54, 1.807) is 12.4 Å². The molecule has 0 aliphatic heterocycles. The minimum Gasteiger partial charge on any atom is -0.381 e. The van der Waals surface area contributed by atoms with Gasteiger partial charge in [0.15, 0.2) is 5.67 Å². The Labute approximate surface area is 95.8 Å². The molecule has 1 unspecified atom stereocenters. The van der Waals surface area contributed by atoms with E-state index in [-0.39, 0.29) is 6.61 Å². The second kappa shape index (κ2) is 5.92. The summed E-state index contributed by atoms with van der Waals surface area (Å²) in [5, 5.41) is 0. The fraction of sp³-hybridized carbons (Fsp3) is 0.583. The van der Waals surface area contributed by atoms with Crippen LogP contribution in [0.15, 0.2) is 18.5 Å². The van der Waals surface area contributed by atoms with Crippen LogP contribution in [0.3, 0.4) is 0 Å². The molecule has 0 aliphatic rings. The molecule has 0 aliphatic carbocycles. The number of aromatic nitrogens is 1. The molecule has 3 nitrogen and oxygen atoms in total. The molecule has 0 fully saturated rings. The van der Waals surface area contributed by atoms with Gasteiger partial charge in [0.2, 0.25) is 0 Å². The molecule has 16 heavy (non-hydrogen) atoms. The lowest BCUT2D eigenvalue weighted by atomic mass is 9.90. The van der Waals surface area contributed by atoms with Crippen molar-refractivity contribution in [3.8, 4) is 0 Å². The van der Waals surface area contributed by atoms with E-state index in [1.807, 2.05) is 13.0 Å². The number of ether oxygens (including phenoxy) is 1. The van der Waals surface area contributed by atoms with E-state index in [0.717, 1.165) is 5.56 Å². The number of nitrogens with zero attached hydrogens (tertiary/aromatic N) is 1. The van der Waals surface area contributed by atoms with Crippen LogP contribution in [0.2, 0.25) is 0 Å². The quantitative estimate of drug-likeness (QED) is 0.806. The molecule has 0 amide bonds. The van der Waals surface area contributed by atoms with Crippen molar-refractivity contribution < 1.29 is 9.13 Å². The van der Waals surface area contributed by atoms with Crippen LogP contribution < -0.4 is 5.73 Å². The second-order valence-corrected chi connectivity index (χ2v) is 3.98. The number of methoxy groups -OCH3 is 1. The molecule has 1 atom stereocenters. The van der Waals surface area contributed by atoms with Gasteiger partial charge in [0.05, 0.1) is 6.61 Å². The SMILES string of the molecule is COCC(F)(CCCN)c1cnccc1C. The van der Waals surface area contributed by atoms with Crippen molar-refractivity contribution in [3.63, 3.8) is 0 Å². The number of pyridine rings is 1. The minimum atomic E-state index is -1.48. The predicted octanol–water partition coefficient (Wildman–Crippen LogP) is 1.94. The summed E-state index contributed by atoms with van der Waals surface area (Å²) in [4.78, 5) is 3.98. The van der Waals surface area contributed by atoms with Crippen LogP contribution in [0.5, 0.6) is 0 Å². The van der Waals surface area contributed by atoms with Crippen LogP contribution in [-0.4, -0.2) is 25.2 Å². The highest BCUT2D eigenvalue weighted by Gasteiger charge is 2.33. The van der Waals surface area contributed by atoms with Gasteiger partial charge in [0.1, 0.15) is 0 Å². The molecule has 1 rings (SSSR count). The summed E-state index contributed by atoms with van der Waals surface area (Å²) in [5.41, 5.74) is 5.44. The Bertz CT molecular complexity index is 333. The highest BCUT2D eigenvalue weighted by Crippen LogP contribution is 2.32. The lowest BCUT2D eigenvalue weighted by molar-refractivity contribution is 0.0296. The van der Waals surface area contributed by atoms with Gasteiger partial charge in [-0.3, -0.25) is 4.98 Å². The van der Waals surface area contributed by atoms with Gasteiger partial charge in [-0.1, -0.05) is 0 Å². The van der Waals surface area contributed by atoms with Crippen molar-refractivity contribution in [2.75, 3.05) is 20.3 Å². The van der Waals surface area contributed by atoms with Gasteiger partial charge < -0.3 is 10.5 Å². The molecule has 2 N–H and O–H groups in total. The number of aryl methyl sites for hydroxylation is 1. The van der Waals surface area contributed by atoms with Gasteiger partial charge in [-0.25, -0.2) is 4.39 Å². The number of nitrogens with two attached hydrogens (primary N) is 1. The zero-order valence-corrected chi connectivity index (χ0v) is 9.87. The Hall–Kier alpha value is -1.00. The number of hydrogen-bond donors (Lipinski definition) is 1. The van der Waals surface area contributed by atoms with Gasteiger partial charge in [-0.2, -0.15) is 0 Å². The van der Waals surface area contributed by atoms with Crippen LogP contribution >= 0.6 is 0 Å². The summed E-state index contributed by atoms with van der Waals surface area (Å²) >= 11 is 0. The molecule has 4 heteroatoms. The van der Waals surface area contributed by atoms with E-state index in [4.69, 9.17) is 10.5 Å². The van der Waals surface area contributed by atoms with E-state index < -0.39 is 5.67 Å². The number of alkyl halides is 1. The number of halogens is 1. The molecule has 0 aromatic carbocycles. The maximum Gasteiger partial charge on any atom is 0.160 e. The Morgan fingerprint density at radius 2 is 2.31 bits per heavy atom. The monoisotopic (exact) mass is 226 g/mol. The van der Waals surface area contributed by atoms with Crippen LogP contribution in [-0.2, 0) is 10.4 Å². The average molecular weight is 226 g/mol. The molecule has 0 bridgehead atoms. The third-order valence-corrected chi connectivity index (χ3v) is 2.67. The maximum atomic E-state index is 14.8. The molecule has 0 radical (unpaired) electrons. The van der Waals surface area contributed by atoms with Crippen molar-refractivity contribution in [1.29, 1.82) is 0 Å². The van der Waals surface area contributed by atoms with Crippen molar-refractivity contribution in [2.24, 2.45) is 5.73 Å². The van der Waals surface area contributed by atoms with Crippen molar-refractivity contribution in [2.45, 2.75) is 25.4 Å². The van der Waals surface area contributed by atoms with Crippen LogP contribution in [0.1, 0.15) is 24.0 Å². The van der Waals surface area contributed by atoms with Crippen molar-refractivity contribution in [3.05, 3.63) is 29.6 Å². The van der Waals surface area contributed by atoms with Crippen LogP contribution in [0.4, 0.5) is 4.39 Å². The lowest BCUT2D eigenvalue weighted by Crippen LogP contribution is -2.28. The first-order chi connectivity index (χ1) is 7.64. The zero-order valence-electron chi connectivity index (χ0n) is 9.87. The third kappa shape index (κ3) is 3.00. The predicted molar refractivity (Wildman–Crippen MR) is 61.9 cm³/mol. The molecule has 0 spiro atoms. The fourth-order valence-corrected chi connectivity index (χ4v) is 1.83. The zero-order chi connectivity index (χ0) is 12.0. The molecule has 0 saturated carbocycles. The number of hydrogen-bond acceptors (Lipinski definition) is 3. The second-order valence-electron chi connectivity index (χ2n) is 3.98. The van der Waals surface area contributed by atoms with Gasteiger partial charge in [0, 0.05) is 25.1 Å². The van der Waals surface area contributed by atoms with Gasteiger partial charge in [-0.15, -0.1) is 0 Å². The van der Waals surface area contributed by atoms with E-state index >= 15 is 0 Å². The van der Waals surface area contributed by atoms with Crippen LogP contribution in [0, 0.1) is 6.92 Å². The summed E-state index contributed by atoms with van der Waals surface area (Å²) < 4.78 is 19.7. The highest BCUT2D eigenvalue weighted by molar-refractivity contribution is 5.28. The standard InChI is InChI=1S/C12H19FN2O/c1-10-4-7-15-8-11(10)12(13,9-16-2)5-3-6-14/h4,7-8H,3,5-6,9,14H2,1-2H3. The van der Waals surface area contributed by atoms with E-state index in [0.29, 0.717) is 24.9 Å². The molecule has 1 aromatic rings. The molecular formula is C12H19FN2O. The lowest BCUT2D eigenvalue weighted by Gasteiger charge is -2.26. The Morgan fingerprint density at radius 1 is 1.56 bits per heavy atom. The molecule has 1 aromatic heterocycles. The Balaban J connectivity index is 2.96. The first-order valence-electron chi connectivity index (χ1n) is 5.43. The minimum absolute atomic E-state index is 0.0412. The first kappa shape index (κ1) is 13.1. The number of rotatable bonds is 6. The van der Waals surface area contributed by atoms with Crippen molar-refractivity contribution >= 4 is 0 Å². The van der Waals surface area contributed by atoms with Gasteiger partial charge >= 0.3 is 0 Å². The van der Waals surface area contributed by atoms with Crippen molar-refractivity contribution in [1.82, 2.24) is 4.98 Å². The van der Waals surface area contributed by atoms with Gasteiger partial charge in [0.25, 0.3) is 0 Å². The largest absolute Gasteiger partial charge is 0.381 e. The van der Waals surface area contributed by atoms with E-state index in [9.17, 15) is 4.39 Å². The summed E-state index contributed by atoms with van der Waals surface area (Å²) in [6.45, 7) is 2.40. The Kier molecular flexibility index (Phi) is 4.83. The summed E-state index contributed by atoms with van der Waals surface area (Å²) in [6, 6.07) is 1.81. The fourth-order valence-electron chi connectivity index (χ4n) is 1.83. The maximum absolute atomic E-state index is 14.8. The summed E-state index contributed by atoms with van der Waals surface area (Å²) in [6.07, 6.45) is 4.23. The summed E-state index contributed by atoms with van der Waals surface area (Å²) in [5.74, 6) is 0. The highest BCUT2D eigenvalue weighted by atomic mass is 19.1. The third-order valence-electron chi connectivity index (χ3n) is 2.67. The molecule has 0 saturated heterocycles. The smallest absolute Gasteiger partial charge is 0.160 e. The Morgan fingerprint density at radius 3 is 2.88 bits per heavy atom. The van der Waals surface area contributed by atoms with E-state index in [2.05, 4.69) is 4.98 Å². The normalized spacial score (nSPS) is 14.8. The average Bonchev–Trinajstić information content (AvgIpc) is 2.27. The topological polar surface area (TPSA) is 48.1 Å². The first-order valence-corrected chi connectivity index (χ1v) is 5.43. The van der Waals surface area contributed by atoms with Gasteiger partial charge in [-0.05, 0) is 37.9 Å². The molecule has 90 valence electrons. The molecular weight excluding hydrogens is 207 g/mol. The summed E-state index contributed by atoms with van der Waals surface area (Å²) in [7, 11) is 1.50. The van der Waals surface area contributed by atoms with Crippen LogP contribution in [0.25, 0.3) is 0 Å².